The molecule has 0 aromatic heterocycles. The molecule has 3 rings (SSSR count). The second-order valence-electron chi connectivity index (χ2n) is 5.99. The van der Waals surface area contributed by atoms with E-state index in [0.717, 1.165) is 0 Å². The molecule has 2 nitrogen and oxygen atoms in total. The van der Waals surface area contributed by atoms with Gasteiger partial charge in [-0.05, 0) is 62.9 Å². The maximum atomic E-state index is 8.62. The molecule has 0 radical (unpaired) electrons. The highest BCUT2D eigenvalue weighted by molar-refractivity contribution is 6.30. The molecule has 0 aliphatic carbocycles. The fraction of sp³-hybridized carbons (Fsp3) is 0.429. The van der Waals surface area contributed by atoms with E-state index in [2.05, 4.69) is 0 Å². The van der Waals surface area contributed by atoms with Crippen molar-refractivity contribution in [3.63, 3.8) is 0 Å². The highest BCUT2D eigenvalue weighted by Gasteiger charge is 2.30. The lowest BCUT2D eigenvalue weighted by atomic mass is 9.88. The molecule has 1 fully saturated rings. The van der Waals surface area contributed by atoms with Crippen LogP contribution < -0.4 is 0 Å². The summed E-state index contributed by atoms with van der Waals surface area (Å²) in [6.45, 7) is -7.23. The fourth-order valence-electron chi connectivity index (χ4n) is 2.94. The van der Waals surface area contributed by atoms with Crippen molar-refractivity contribution in [2.45, 2.75) is 37.8 Å². The van der Waals surface area contributed by atoms with E-state index in [4.69, 9.17) is 27.3 Å². The van der Waals surface area contributed by atoms with Crippen molar-refractivity contribution in [2.75, 3.05) is 20.1 Å². The topological polar surface area (TPSA) is 12.5 Å². The summed E-state index contributed by atoms with van der Waals surface area (Å²) in [6, 6.07) is 13.7. The molecule has 1 aliphatic rings. The summed E-state index contributed by atoms with van der Waals surface area (Å²) >= 11 is 6.01. The molecule has 0 saturated carbocycles. The number of hydrogen-bond donors (Lipinski definition) is 0. The van der Waals surface area contributed by atoms with E-state index >= 15 is 0 Å². The van der Waals surface area contributed by atoms with E-state index in [1.807, 2.05) is 0 Å². The van der Waals surface area contributed by atoms with Crippen LogP contribution in [0.3, 0.4) is 0 Å². The summed E-state index contributed by atoms with van der Waals surface area (Å²) in [6.07, 6.45) is 0.845. The summed E-state index contributed by atoms with van der Waals surface area (Å²) in [5.74, 6) is 0. The Labute approximate surface area is 161 Å². The number of rotatable bonds is 6. The Kier molecular flexibility index (Phi) is 3.19. The van der Waals surface area contributed by atoms with Gasteiger partial charge in [-0.25, -0.2) is 0 Å². The smallest absolute Gasteiger partial charge is 0.115 e. The van der Waals surface area contributed by atoms with Gasteiger partial charge in [0, 0.05) is 25.8 Å². The standard InChI is InChI=1S/C21H26ClNO/c1-21(17-7-4-3-5-8-17,18-10-12-19(22)13-11-18)24-16-14-20-9-6-15-23(20)2/h3-5,7-8,10-13,20H,6,9,14-16H2,1-2H3/t20-,21-/m1/s1/i1D3,2D3,16D2. The SMILES string of the molecule is [2H]C([2H])(C[C@H]1CCCN1C([2H])([2H])[2H])O[C@](c1ccccc1)(c1ccc(Cl)cc1)C([2H])([2H])[2H]. The zero-order valence-corrected chi connectivity index (χ0v) is 14.1. The zero-order chi connectivity index (χ0) is 23.8. The first kappa shape index (κ1) is 9.96. The van der Waals surface area contributed by atoms with Gasteiger partial charge in [-0.3, -0.25) is 0 Å². The molecule has 2 aromatic carbocycles. The highest BCUT2D eigenvalue weighted by Crippen LogP contribution is 2.34. The number of hydrogen-bond acceptors (Lipinski definition) is 2. The molecule has 0 bridgehead atoms. The average Bonchev–Trinajstić information content (AvgIpc) is 3.14. The van der Waals surface area contributed by atoms with Crippen LogP contribution in [0.25, 0.3) is 0 Å². The van der Waals surface area contributed by atoms with Gasteiger partial charge in [0.15, 0.2) is 0 Å². The number of halogens is 1. The second kappa shape index (κ2) is 7.69. The van der Waals surface area contributed by atoms with Crippen LogP contribution in [0.5, 0.6) is 0 Å². The third kappa shape index (κ3) is 3.83. The fourth-order valence-corrected chi connectivity index (χ4v) is 3.06. The Morgan fingerprint density at radius 2 is 1.96 bits per heavy atom. The van der Waals surface area contributed by atoms with Crippen molar-refractivity contribution < 1.29 is 15.7 Å². The van der Waals surface area contributed by atoms with Gasteiger partial charge < -0.3 is 9.64 Å². The van der Waals surface area contributed by atoms with Gasteiger partial charge in [0.1, 0.15) is 5.60 Å². The third-order valence-corrected chi connectivity index (χ3v) is 4.60. The largest absolute Gasteiger partial charge is 0.366 e. The molecule has 2 atom stereocenters. The van der Waals surface area contributed by atoms with Gasteiger partial charge in [0.25, 0.3) is 0 Å². The molecule has 128 valence electrons. The molecule has 1 aliphatic heterocycles. The van der Waals surface area contributed by atoms with E-state index in [1.165, 1.54) is 29.2 Å². The minimum absolute atomic E-state index is 0.232. The zero-order valence-electron chi connectivity index (χ0n) is 21.3. The third-order valence-electron chi connectivity index (χ3n) is 4.35. The molecule has 1 saturated heterocycles. The van der Waals surface area contributed by atoms with Gasteiger partial charge in [0.05, 0.1) is 2.74 Å². The monoisotopic (exact) mass is 351 g/mol. The van der Waals surface area contributed by atoms with Crippen molar-refractivity contribution in [2.24, 2.45) is 0 Å². The number of benzene rings is 2. The maximum Gasteiger partial charge on any atom is 0.115 e. The molecule has 0 N–H and O–H groups in total. The van der Waals surface area contributed by atoms with Gasteiger partial charge in [-0.2, -0.15) is 0 Å². The Morgan fingerprint density at radius 1 is 1.21 bits per heavy atom. The van der Waals surface area contributed by atoms with Crippen molar-refractivity contribution in [3.8, 4) is 0 Å². The molecule has 1 heterocycles. The number of likely N-dealkylation sites (tertiary alicyclic amines) is 1. The minimum Gasteiger partial charge on any atom is -0.366 e. The van der Waals surface area contributed by atoms with Crippen LogP contribution in [0.4, 0.5) is 0 Å². The summed E-state index contributed by atoms with van der Waals surface area (Å²) in [5, 5.41) is 0.406. The Hall–Kier alpha value is -1.35. The van der Waals surface area contributed by atoms with E-state index in [1.54, 1.807) is 30.3 Å². The summed E-state index contributed by atoms with van der Waals surface area (Å²) in [4.78, 5) is 1.29. The van der Waals surface area contributed by atoms with Crippen LogP contribution in [-0.4, -0.2) is 31.0 Å². The number of ether oxygens (including phenoxy) is 1. The Morgan fingerprint density at radius 3 is 2.67 bits per heavy atom. The van der Waals surface area contributed by atoms with Crippen molar-refractivity contribution in [1.29, 1.82) is 0 Å². The quantitative estimate of drug-likeness (QED) is 0.717. The molecule has 0 amide bonds. The first-order valence-electron chi connectivity index (χ1n) is 12.0. The van der Waals surface area contributed by atoms with Crippen LogP contribution in [0.1, 0.15) is 48.2 Å². The van der Waals surface area contributed by atoms with Crippen molar-refractivity contribution in [1.82, 2.24) is 4.90 Å². The molecule has 0 spiro atoms. The lowest BCUT2D eigenvalue weighted by Crippen LogP contribution is -2.31. The van der Waals surface area contributed by atoms with E-state index in [0.29, 0.717) is 24.4 Å². The number of nitrogens with zero attached hydrogens (tertiary/aromatic N) is 1. The molecular formula is C21H26ClNO. The molecule has 24 heavy (non-hydrogen) atoms. The van der Waals surface area contributed by atoms with E-state index in [-0.39, 0.29) is 17.5 Å². The molecule has 0 unspecified atom stereocenters. The van der Waals surface area contributed by atoms with Crippen molar-refractivity contribution in [3.05, 3.63) is 70.7 Å². The maximum absolute atomic E-state index is 8.62. The van der Waals surface area contributed by atoms with Crippen LogP contribution in [-0.2, 0) is 10.3 Å². The van der Waals surface area contributed by atoms with E-state index < -0.39 is 32.0 Å². The summed E-state index contributed by atoms with van der Waals surface area (Å²) in [7, 11) is 0. The van der Waals surface area contributed by atoms with Gasteiger partial charge in [-0.1, -0.05) is 54.1 Å². The van der Waals surface area contributed by atoms with Gasteiger partial charge in [-0.15, -0.1) is 0 Å². The first-order valence-corrected chi connectivity index (χ1v) is 8.43. The van der Waals surface area contributed by atoms with Gasteiger partial charge in [0.2, 0.25) is 0 Å². The minimum atomic E-state index is -2.78. The summed E-state index contributed by atoms with van der Waals surface area (Å²) < 4.78 is 71.5. The first-order chi connectivity index (χ1) is 14.8. The second-order valence-corrected chi connectivity index (χ2v) is 6.43. The normalized spacial score (nSPS) is 27.5. The highest BCUT2D eigenvalue weighted by atomic mass is 35.5. The predicted molar refractivity (Wildman–Crippen MR) is 101 cm³/mol. The lowest BCUT2D eigenvalue weighted by Gasteiger charge is -2.32. The van der Waals surface area contributed by atoms with Gasteiger partial charge >= 0.3 is 0 Å². The van der Waals surface area contributed by atoms with E-state index in [9.17, 15) is 0 Å². The summed E-state index contributed by atoms with van der Waals surface area (Å²) in [5.41, 5.74) is -1.62. The van der Waals surface area contributed by atoms with Crippen LogP contribution in [0, 0.1) is 0 Å². The Balaban J connectivity index is 2.06. The van der Waals surface area contributed by atoms with Crippen LogP contribution in [0.15, 0.2) is 54.6 Å². The average molecular weight is 352 g/mol. The Bertz CT molecular complexity index is 901. The molecular weight excluding hydrogens is 318 g/mol. The predicted octanol–water partition coefficient (Wildman–Crippen LogP) is 5.10. The van der Waals surface area contributed by atoms with Crippen LogP contribution >= 0.6 is 11.6 Å². The molecule has 3 heteroatoms. The lowest BCUT2D eigenvalue weighted by molar-refractivity contribution is -0.0117. The molecule has 2 aromatic rings. The van der Waals surface area contributed by atoms with Crippen LogP contribution in [0.2, 0.25) is 5.02 Å². The van der Waals surface area contributed by atoms with Crippen molar-refractivity contribution >= 4 is 11.6 Å².